The molecule has 0 N–H and O–H groups in total. The van der Waals surface area contributed by atoms with Gasteiger partial charge < -0.3 is 0 Å². The van der Waals surface area contributed by atoms with E-state index in [-0.39, 0.29) is 29.6 Å². The zero-order valence-corrected chi connectivity index (χ0v) is 15.0. The van der Waals surface area contributed by atoms with Crippen LogP contribution in [0.1, 0.15) is 0 Å². The Hall–Kier alpha value is -1.86. The molecule has 0 amide bonds. The van der Waals surface area contributed by atoms with Crippen LogP contribution in [0.25, 0.3) is 43.1 Å². The van der Waals surface area contributed by atoms with Gasteiger partial charge in [-0.2, -0.15) is 24.3 Å². The zero-order valence-electron chi connectivity index (χ0n) is 13.0. The van der Waals surface area contributed by atoms with Crippen molar-refractivity contribution >= 4 is 43.1 Å². The first-order chi connectivity index (χ1) is 10.9. The van der Waals surface area contributed by atoms with E-state index in [9.17, 15) is 0 Å². The average Bonchev–Trinajstić information content (AvgIpc) is 2.56. The van der Waals surface area contributed by atoms with Crippen molar-refractivity contribution in [2.75, 3.05) is 0 Å². The largest absolute Gasteiger partial charge is 1.00 e. The van der Waals surface area contributed by atoms with Crippen molar-refractivity contribution in [2.45, 2.75) is 0 Å². The Morgan fingerprint density at radius 3 is 1.48 bits per heavy atom. The number of benzene rings is 5. The quantitative estimate of drug-likeness (QED) is 0.234. The summed E-state index contributed by atoms with van der Waals surface area (Å²) in [4.78, 5) is 0. The molecule has 0 aliphatic heterocycles. The number of rotatable bonds is 0. The summed E-state index contributed by atoms with van der Waals surface area (Å²) >= 11 is 0. The van der Waals surface area contributed by atoms with Crippen LogP contribution >= 0.6 is 0 Å². The molecule has 0 unspecified atom stereocenters. The molecule has 102 valence electrons. The smallest absolute Gasteiger partial charge is 0.183 e. The first kappa shape index (κ1) is 14.7. The van der Waals surface area contributed by atoms with Crippen LogP contribution < -0.4 is 29.6 Å². The van der Waals surface area contributed by atoms with Crippen LogP contribution in [0.3, 0.4) is 0 Å². The van der Waals surface area contributed by atoms with E-state index in [2.05, 4.69) is 78.9 Å². The molecule has 5 aromatic carbocycles. The van der Waals surface area contributed by atoms with Gasteiger partial charge in [-0.05, 0) is 56.6 Å². The first-order valence-corrected chi connectivity index (χ1v) is 7.53. The minimum Gasteiger partial charge on any atom is -0.183 e. The normalized spacial score (nSPS) is 11.1. The SMILES string of the molecule is [Na+].[c-]1ccc2cc3cc4cc5ccccc5cc4cc3cc2c1. The summed E-state index contributed by atoms with van der Waals surface area (Å²) in [6, 6.07) is 31.6. The second-order valence-electron chi connectivity index (χ2n) is 5.87. The van der Waals surface area contributed by atoms with Gasteiger partial charge in [-0.25, -0.2) is 0 Å². The topological polar surface area (TPSA) is 0 Å². The molecule has 0 aliphatic rings. The molecule has 0 aliphatic carbocycles. The van der Waals surface area contributed by atoms with Crippen molar-refractivity contribution in [2.24, 2.45) is 0 Å². The zero-order chi connectivity index (χ0) is 14.5. The van der Waals surface area contributed by atoms with E-state index in [4.69, 9.17) is 0 Å². The Bertz CT molecular complexity index is 988. The van der Waals surface area contributed by atoms with Crippen LogP contribution in [0.5, 0.6) is 0 Å². The van der Waals surface area contributed by atoms with E-state index < -0.39 is 0 Å². The molecule has 0 saturated carbocycles. The van der Waals surface area contributed by atoms with E-state index in [1.807, 2.05) is 6.07 Å². The van der Waals surface area contributed by atoms with Crippen molar-refractivity contribution in [3.63, 3.8) is 0 Å². The third kappa shape index (κ3) is 2.44. The molecule has 23 heavy (non-hydrogen) atoms. The Morgan fingerprint density at radius 2 is 0.913 bits per heavy atom. The van der Waals surface area contributed by atoms with E-state index in [0.29, 0.717) is 0 Å². The summed E-state index contributed by atoms with van der Waals surface area (Å²) in [6.45, 7) is 0. The Labute approximate surface area is 157 Å². The van der Waals surface area contributed by atoms with Crippen molar-refractivity contribution in [1.29, 1.82) is 0 Å². The molecule has 0 saturated heterocycles. The van der Waals surface area contributed by atoms with Crippen LogP contribution in [0.4, 0.5) is 0 Å². The maximum absolute atomic E-state index is 3.16. The van der Waals surface area contributed by atoms with E-state index >= 15 is 0 Å². The molecule has 5 aromatic rings. The van der Waals surface area contributed by atoms with Crippen molar-refractivity contribution in [3.05, 3.63) is 84.9 Å². The van der Waals surface area contributed by atoms with E-state index in [1.165, 1.54) is 43.1 Å². The summed E-state index contributed by atoms with van der Waals surface area (Å²) in [6.07, 6.45) is 0. The fourth-order valence-electron chi connectivity index (χ4n) is 3.32. The van der Waals surface area contributed by atoms with Gasteiger partial charge in [0.05, 0.1) is 0 Å². The van der Waals surface area contributed by atoms with Gasteiger partial charge in [-0.15, -0.1) is 16.8 Å². The summed E-state index contributed by atoms with van der Waals surface area (Å²) in [5, 5.41) is 10.3. The fraction of sp³-hybridized carbons (Fsp3) is 0. The second kappa shape index (κ2) is 5.65. The first-order valence-electron chi connectivity index (χ1n) is 7.53. The van der Waals surface area contributed by atoms with Crippen LogP contribution in [0.2, 0.25) is 0 Å². The maximum atomic E-state index is 3.16. The molecular weight excluding hydrogens is 287 g/mol. The van der Waals surface area contributed by atoms with Crippen LogP contribution in [0.15, 0.2) is 78.9 Å². The minimum atomic E-state index is 0. The number of hydrogen-bond acceptors (Lipinski definition) is 0. The van der Waals surface area contributed by atoms with Gasteiger partial charge in [-0.3, -0.25) is 0 Å². The second-order valence-corrected chi connectivity index (χ2v) is 5.87. The average molecular weight is 300 g/mol. The summed E-state index contributed by atoms with van der Waals surface area (Å²) < 4.78 is 0. The van der Waals surface area contributed by atoms with Gasteiger partial charge in [-0.1, -0.05) is 30.3 Å². The molecule has 0 nitrogen and oxygen atoms in total. The fourth-order valence-corrected chi connectivity index (χ4v) is 3.32. The van der Waals surface area contributed by atoms with Gasteiger partial charge in [0.25, 0.3) is 0 Å². The molecule has 0 atom stereocenters. The summed E-state index contributed by atoms with van der Waals surface area (Å²) in [7, 11) is 0. The molecule has 0 radical (unpaired) electrons. The molecule has 0 heterocycles. The van der Waals surface area contributed by atoms with E-state index in [0.717, 1.165) is 0 Å². The Kier molecular flexibility index (Phi) is 3.61. The van der Waals surface area contributed by atoms with Crippen molar-refractivity contribution < 1.29 is 29.6 Å². The standard InChI is InChI=1S/C22H13.Na/c1-2-6-16-10-20-14-22-12-18-8-4-3-7-17(18)11-21(22)13-19(20)9-15(16)5-1;/h1-3,5-14H;/q-1;+1. The maximum Gasteiger partial charge on any atom is 1.00 e. The molecule has 0 fully saturated rings. The van der Waals surface area contributed by atoms with Crippen LogP contribution in [0, 0.1) is 6.07 Å². The molecule has 0 aromatic heterocycles. The monoisotopic (exact) mass is 300 g/mol. The van der Waals surface area contributed by atoms with Crippen molar-refractivity contribution in [1.82, 2.24) is 0 Å². The predicted molar refractivity (Wildman–Crippen MR) is 95.3 cm³/mol. The van der Waals surface area contributed by atoms with E-state index in [1.54, 1.807) is 0 Å². The molecule has 5 rings (SSSR count). The third-order valence-corrected chi connectivity index (χ3v) is 4.46. The molecule has 0 bridgehead atoms. The van der Waals surface area contributed by atoms with Crippen LogP contribution in [-0.4, -0.2) is 0 Å². The third-order valence-electron chi connectivity index (χ3n) is 4.46. The number of fused-ring (bicyclic) bond motifs is 4. The molecular formula is C22H13Na. The predicted octanol–water partition coefficient (Wildman–Crippen LogP) is 3.10. The van der Waals surface area contributed by atoms with Gasteiger partial charge in [0, 0.05) is 0 Å². The molecule has 1 heteroatoms. The molecule has 0 spiro atoms. The minimum absolute atomic E-state index is 0. The Morgan fingerprint density at radius 1 is 0.478 bits per heavy atom. The summed E-state index contributed by atoms with van der Waals surface area (Å²) in [5.41, 5.74) is 0. The van der Waals surface area contributed by atoms with Gasteiger partial charge in [0.15, 0.2) is 0 Å². The summed E-state index contributed by atoms with van der Waals surface area (Å²) in [5.74, 6) is 0. The van der Waals surface area contributed by atoms with Gasteiger partial charge in [0.2, 0.25) is 0 Å². The Balaban J connectivity index is 0.00000135. The van der Waals surface area contributed by atoms with Crippen molar-refractivity contribution in [3.8, 4) is 0 Å². The van der Waals surface area contributed by atoms with Gasteiger partial charge >= 0.3 is 29.6 Å². The van der Waals surface area contributed by atoms with Crippen LogP contribution in [-0.2, 0) is 0 Å². The number of hydrogen-bond donors (Lipinski definition) is 0. The van der Waals surface area contributed by atoms with Gasteiger partial charge in [0.1, 0.15) is 0 Å².